The molecule has 1 N–H and O–H groups in total. The normalized spacial score (nSPS) is 10.5. The van der Waals surface area contributed by atoms with Gasteiger partial charge in [0.25, 0.3) is 0 Å². The number of nitro benzene ring substituents is 1. The number of aromatic amines is 1. The predicted molar refractivity (Wildman–Crippen MR) is 93.2 cm³/mol. The molecule has 0 aliphatic rings. The molecule has 0 radical (unpaired) electrons. The number of hydrogen-bond donors (Lipinski definition) is 1. The van der Waals surface area contributed by atoms with Gasteiger partial charge in [0.1, 0.15) is 0 Å². The molecule has 0 aliphatic heterocycles. The van der Waals surface area contributed by atoms with Crippen molar-refractivity contribution in [1.29, 1.82) is 0 Å². The van der Waals surface area contributed by atoms with Crippen molar-refractivity contribution in [2.45, 2.75) is 10.9 Å². The lowest BCUT2D eigenvalue weighted by atomic mass is 10.2. The van der Waals surface area contributed by atoms with E-state index in [1.807, 2.05) is 36.4 Å². The highest BCUT2D eigenvalue weighted by Crippen LogP contribution is 2.30. The van der Waals surface area contributed by atoms with Crippen molar-refractivity contribution in [3.8, 4) is 17.0 Å². The highest BCUT2D eigenvalue weighted by Gasteiger charge is 2.15. The number of aromatic nitrogens is 2. The molecular formula is C17H15N3O3S. The molecule has 0 fully saturated rings. The minimum atomic E-state index is -0.437. The van der Waals surface area contributed by atoms with E-state index in [0.717, 1.165) is 22.0 Å². The highest BCUT2D eigenvalue weighted by atomic mass is 32.2. The second-order valence-electron chi connectivity index (χ2n) is 5.02. The van der Waals surface area contributed by atoms with Crippen LogP contribution in [0.5, 0.6) is 5.75 Å². The average molecular weight is 341 g/mol. The van der Waals surface area contributed by atoms with E-state index in [1.54, 1.807) is 12.3 Å². The third kappa shape index (κ3) is 3.57. The van der Waals surface area contributed by atoms with Gasteiger partial charge < -0.3 is 9.72 Å². The second-order valence-corrected chi connectivity index (χ2v) is 5.98. The van der Waals surface area contributed by atoms with Gasteiger partial charge >= 0.3 is 5.69 Å². The SMILES string of the molecule is COc1ccc(CSc2ncc(-c3ccccc3)[nH]2)cc1[N+](=O)[O-]. The largest absolute Gasteiger partial charge is 0.490 e. The third-order valence-corrected chi connectivity index (χ3v) is 4.41. The van der Waals surface area contributed by atoms with Crippen LogP contribution < -0.4 is 4.74 Å². The first kappa shape index (κ1) is 16.1. The number of nitrogens with one attached hydrogen (secondary N) is 1. The highest BCUT2D eigenvalue weighted by molar-refractivity contribution is 7.98. The van der Waals surface area contributed by atoms with Crippen LogP contribution in [0.1, 0.15) is 5.56 Å². The van der Waals surface area contributed by atoms with Crippen molar-refractivity contribution < 1.29 is 9.66 Å². The molecule has 0 bridgehead atoms. The first-order chi connectivity index (χ1) is 11.7. The molecule has 24 heavy (non-hydrogen) atoms. The van der Waals surface area contributed by atoms with E-state index in [9.17, 15) is 10.1 Å². The van der Waals surface area contributed by atoms with Crippen LogP contribution in [-0.4, -0.2) is 22.0 Å². The van der Waals surface area contributed by atoms with Gasteiger partial charge in [-0.25, -0.2) is 4.98 Å². The minimum Gasteiger partial charge on any atom is -0.490 e. The molecule has 0 saturated carbocycles. The van der Waals surface area contributed by atoms with Crippen LogP contribution in [0.2, 0.25) is 0 Å². The molecule has 0 atom stereocenters. The average Bonchev–Trinajstić information content (AvgIpc) is 3.09. The van der Waals surface area contributed by atoms with Crippen LogP contribution in [0.15, 0.2) is 59.9 Å². The summed E-state index contributed by atoms with van der Waals surface area (Å²) in [6.07, 6.45) is 1.79. The fourth-order valence-electron chi connectivity index (χ4n) is 2.26. The summed E-state index contributed by atoms with van der Waals surface area (Å²) in [5.74, 6) is 0.838. The lowest BCUT2D eigenvalue weighted by Gasteiger charge is -2.04. The molecule has 2 aromatic carbocycles. The lowest BCUT2D eigenvalue weighted by molar-refractivity contribution is -0.385. The molecule has 0 aliphatic carbocycles. The van der Waals surface area contributed by atoms with Gasteiger partial charge in [0, 0.05) is 11.8 Å². The molecule has 122 valence electrons. The monoisotopic (exact) mass is 341 g/mol. The van der Waals surface area contributed by atoms with Gasteiger partial charge in [0.2, 0.25) is 0 Å². The third-order valence-electron chi connectivity index (χ3n) is 3.45. The summed E-state index contributed by atoms with van der Waals surface area (Å²) in [4.78, 5) is 18.2. The van der Waals surface area contributed by atoms with Crippen molar-refractivity contribution >= 4 is 17.4 Å². The number of H-pyrrole nitrogens is 1. The topological polar surface area (TPSA) is 81.0 Å². The maximum Gasteiger partial charge on any atom is 0.311 e. The number of nitrogens with zero attached hydrogens (tertiary/aromatic N) is 2. The maximum atomic E-state index is 11.1. The molecule has 0 unspecified atom stereocenters. The van der Waals surface area contributed by atoms with Gasteiger partial charge in [0.05, 0.1) is 23.9 Å². The maximum absolute atomic E-state index is 11.1. The van der Waals surface area contributed by atoms with Gasteiger partial charge in [-0.3, -0.25) is 10.1 Å². The summed E-state index contributed by atoms with van der Waals surface area (Å²) in [5, 5.41) is 11.8. The lowest BCUT2D eigenvalue weighted by Crippen LogP contribution is -1.95. The van der Waals surface area contributed by atoms with Crippen molar-refractivity contribution in [3.63, 3.8) is 0 Å². The van der Waals surface area contributed by atoms with Crippen molar-refractivity contribution in [3.05, 3.63) is 70.4 Å². The molecule has 0 saturated heterocycles. The Balaban J connectivity index is 1.71. The van der Waals surface area contributed by atoms with Gasteiger partial charge in [0.15, 0.2) is 10.9 Å². The molecule has 7 heteroatoms. The van der Waals surface area contributed by atoms with E-state index >= 15 is 0 Å². The van der Waals surface area contributed by atoms with Crippen molar-refractivity contribution in [1.82, 2.24) is 9.97 Å². The summed E-state index contributed by atoms with van der Waals surface area (Å²) in [6.45, 7) is 0. The van der Waals surface area contributed by atoms with Crippen LogP contribution in [0.25, 0.3) is 11.3 Å². The standard InChI is InChI=1S/C17H15N3O3S/c1-23-16-8-7-12(9-15(16)20(21)22)11-24-17-18-10-14(19-17)13-5-3-2-4-6-13/h2-10H,11H2,1H3,(H,18,19). The molecule has 1 aromatic heterocycles. The van der Waals surface area contributed by atoms with Gasteiger partial charge in [-0.2, -0.15) is 0 Å². The van der Waals surface area contributed by atoms with E-state index in [1.165, 1.54) is 24.9 Å². The van der Waals surface area contributed by atoms with Crippen LogP contribution >= 0.6 is 11.8 Å². The Morgan fingerprint density at radius 2 is 2.04 bits per heavy atom. The van der Waals surface area contributed by atoms with E-state index in [-0.39, 0.29) is 11.4 Å². The van der Waals surface area contributed by atoms with Crippen molar-refractivity contribution in [2.24, 2.45) is 0 Å². The minimum absolute atomic E-state index is 0.0278. The molecule has 1 heterocycles. The van der Waals surface area contributed by atoms with E-state index in [2.05, 4.69) is 9.97 Å². The number of hydrogen-bond acceptors (Lipinski definition) is 5. The summed E-state index contributed by atoms with van der Waals surface area (Å²) >= 11 is 1.49. The van der Waals surface area contributed by atoms with E-state index < -0.39 is 4.92 Å². The fourth-order valence-corrected chi connectivity index (χ4v) is 3.05. The number of benzene rings is 2. The quantitative estimate of drug-likeness (QED) is 0.411. The van der Waals surface area contributed by atoms with Crippen LogP contribution in [0, 0.1) is 10.1 Å². The Kier molecular flexibility index (Phi) is 4.81. The van der Waals surface area contributed by atoms with Crippen LogP contribution in [0.4, 0.5) is 5.69 Å². The van der Waals surface area contributed by atoms with Gasteiger partial charge in [-0.05, 0) is 17.2 Å². The Labute approximate surface area is 143 Å². The molecule has 3 aromatic rings. The summed E-state index contributed by atoms with van der Waals surface area (Å²) < 4.78 is 5.01. The van der Waals surface area contributed by atoms with Gasteiger partial charge in [-0.1, -0.05) is 48.2 Å². The number of methoxy groups -OCH3 is 1. The Morgan fingerprint density at radius 3 is 2.75 bits per heavy atom. The molecule has 3 rings (SSSR count). The molecule has 0 amide bonds. The smallest absolute Gasteiger partial charge is 0.311 e. The number of thioether (sulfide) groups is 1. The summed E-state index contributed by atoms with van der Waals surface area (Å²) in [7, 11) is 1.42. The Bertz CT molecular complexity index is 849. The zero-order chi connectivity index (χ0) is 16.9. The van der Waals surface area contributed by atoms with Crippen molar-refractivity contribution in [2.75, 3.05) is 7.11 Å². The molecule has 6 nitrogen and oxygen atoms in total. The number of rotatable bonds is 6. The Morgan fingerprint density at radius 1 is 1.25 bits per heavy atom. The molecule has 0 spiro atoms. The zero-order valence-electron chi connectivity index (χ0n) is 12.9. The fraction of sp³-hybridized carbons (Fsp3) is 0.118. The summed E-state index contributed by atoms with van der Waals surface area (Å²) in [6, 6.07) is 14.9. The van der Waals surface area contributed by atoms with E-state index in [4.69, 9.17) is 4.74 Å². The predicted octanol–water partition coefficient (Wildman–Crippen LogP) is 4.29. The second kappa shape index (κ2) is 7.18. The first-order valence-corrected chi connectivity index (χ1v) is 8.20. The van der Waals surface area contributed by atoms with E-state index in [0.29, 0.717) is 5.75 Å². The van der Waals surface area contributed by atoms with Crippen LogP contribution in [0.3, 0.4) is 0 Å². The molecular weight excluding hydrogens is 326 g/mol. The van der Waals surface area contributed by atoms with Crippen LogP contribution in [-0.2, 0) is 5.75 Å². The number of nitro groups is 1. The Hall–Kier alpha value is -2.80. The van der Waals surface area contributed by atoms with Gasteiger partial charge in [-0.15, -0.1) is 0 Å². The first-order valence-electron chi connectivity index (χ1n) is 7.22. The number of ether oxygens (including phenoxy) is 1. The number of imidazole rings is 1. The summed E-state index contributed by atoms with van der Waals surface area (Å²) in [5.41, 5.74) is 2.82. The zero-order valence-corrected chi connectivity index (χ0v) is 13.7.